The van der Waals surface area contributed by atoms with Gasteiger partial charge < -0.3 is 19.9 Å². The van der Waals surface area contributed by atoms with Gasteiger partial charge in [-0.2, -0.15) is 0 Å². The first kappa shape index (κ1) is 28.4. The molecular weight excluding hydrogens is 546 g/mol. The second-order valence-electron chi connectivity index (χ2n) is 10.2. The van der Waals surface area contributed by atoms with Crippen LogP contribution in [0, 0.1) is 6.92 Å². The zero-order valence-electron chi connectivity index (χ0n) is 23.0. The fourth-order valence-corrected chi connectivity index (χ4v) is 7.60. The van der Waals surface area contributed by atoms with Crippen molar-refractivity contribution in [2.24, 2.45) is 0 Å². The maximum absolute atomic E-state index is 13.0. The molecule has 2 aliphatic carbocycles. The molecular formula is C29H35N5O4S2. The highest BCUT2D eigenvalue weighted by Gasteiger charge is 2.29. The molecule has 0 saturated heterocycles. The predicted molar refractivity (Wildman–Crippen MR) is 156 cm³/mol. The lowest BCUT2D eigenvalue weighted by molar-refractivity contribution is -0.113. The largest absolute Gasteiger partial charge is 0.462 e. The van der Waals surface area contributed by atoms with Gasteiger partial charge in [-0.15, -0.1) is 21.5 Å². The number of aromatic nitrogens is 3. The Morgan fingerprint density at radius 2 is 1.95 bits per heavy atom. The average molecular weight is 582 g/mol. The summed E-state index contributed by atoms with van der Waals surface area (Å²) in [5.41, 5.74) is 3.16. The SMILES string of the molecule is CCOC(=O)c1c(NC(=O)CSc2nnc(CNC(=O)c3cccc(C)c3)n2C2CCCCC2)sc2c1CCC2. The summed E-state index contributed by atoms with van der Waals surface area (Å²) in [6.45, 7) is 4.28. The Morgan fingerprint density at radius 1 is 1.12 bits per heavy atom. The van der Waals surface area contributed by atoms with E-state index in [1.54, 1.807) is 13.0 Å². The Morgan fingerprint density at radius 3 is 2.73 bits per heavy atom. The van der Waals surface area contributed by atoms with E-state index in [0.29, 0.717) is 27.1 Å². The molecule has 3 aromatic rings. The Hall–Kier alpha value is -3.18. The molecule has 1 aromatic carbocycles. The number of thiophene rings is 1. The highest BCUT2D eigenvalue weighted by atomic mass is 32.2. The number of amides is 2. The van der Waals surface area contributed by atoms with Gasteiger partial charge in [0.05, 0.1) is 24.5 Å². The smallest absolute Gasteiger partial charge is 0.341 e. The van der Waals surface area contributed by atoms with Gasteiger partial charge in [0.1, 0.15) is 5.00 Å². The quantitative estimate of drug-likeness (QED) is 0.241. The molecule has 1 fully saturated rings. The Labute approximate surface area is 242 Å². The van der Waals surface area contributed by atoms with E-state index >= 15 is 0 Å². The van der Waals surface area contributed by atoms with Gasteiger partial charge in [-0.1, -0.05) is 48.7 Å². The minimum absolute atomic E-state index is 0.130. The van der Waals surface area contributed by atoms with Crippen molar-refractivity contribution in [1.29, 1.82) is 0 Å². The number of ether oxygens (including phenoxy) is 1. The predicted octanol–water partition coefficient (Wildman–Crippen LogP) is 5.48. The first-order valence-electron chi connectivity index (χ1n) is 14.0. The number of carbonyl (C=O) groups excluding carboxylic acids is 3. The van der Waals surface area contributed by atoms with Gasteiger partial charge in [0.25, 0.3) is 5.91 Å². The third-order valence-corrected chi connectivity index (χ3v) is 9.50. The zero-order valence-corrected chi connectivity index (χ0v) is 24.6. The lowest BCUT2D eigenvalue weighted by atomic mass is 9.95. The van der Waals surface area contributed by atoms with Gasteiger partial charge in [-0.05, 0) is 63.6 Å². The average Bonchev–Trinajstić information content (AvgIpc) is 3.65. The Bertz CT molecular complexity index is 1390. The van der Waals surface area contributed by atoms with E-state index in [0.717, 1.165) is 60.9 Å². The van der Waals surface area contributed by atoms with Gasteiger partial charge in [0, 0.05) is 16.5 Å². The molecule has 212 valence electrons. The second kappa shape index (κ2) is 13.0. The monoisotopic (exact) mass is 581 g/mol. The molecule has 2 amide bonds. The number of rotatable bonds is 10. The van der Waals surface area contributed by atoms with Gasteiger partial charge in [-0.25, -0.2) is 4.79 Å². The number of esters is 1. The molecule has 2 aliphatic rings. The molecule has 2 heterocycles. The molecule has 5 rings (SSSR count). The number of thioether (sulfide) groups is 1. The number of nitrogens with zero attached hydrogens (tertiary/aromatic N) is 3. The molecule has 2 N–H and O–H groups in total. The van der Waals surface area contributed by atoms with Crippen molar-refractivity contribution >= 4 is 45.9 Å². The van der Waals surface area contributed by atoms with Crippen molar-refractivity contribution in [3.8, 4) is 0 Å². The normalized spacial score (nSPS) is 15.1. The van der Waals surface area contributed by atoms with Crippen molar-refractivity contribution in [3.05, 3.63) is 57.2 Å². The van der Waals surface area contributed by atoms with Crippen LogP contribution in [0.25, 0.3) is 0 Å². The van der Waals surface area contributed by atoms with Crippen molar-refractivity contribution in [1.82, 2.24) is 20.1 Å². The first-order valence-corrected chi connectivity index (χ1v) is 15.8. The summed E-state index contributed by atoms with van der Waals surface area (Å²) < 4.78 is 7.39. The molecule has 0 unspecified atom stereocenters. The third kappa shape index (κ3) is 6.41. The lowest BCUT2D eigenvalue weighted by Crippen LogP contribution is -2.26. The van der Waals surface area contributed by atoms with Gasteiger partial charge >= 0.3 is 5.97 Å². The molecule has 2 aromatic heterocycles. The number of hydrogen-bond acceptors (Lipinski definition) is 8. The number of hydrogen-bond donors (Lipinski definition) is 2. The number of anilines is 1. The van der Waals surface area contributed by atoms with Gasteiger partial charge in [-0.3, -0.25) is 9.59 Å². The summed E-state index contributed by atoms with van der Waals surface area (Å²) in [7, 11) is 0. The van der Waals surface area contributed by atoms with Crippen LogP contribution in [0.5, 0.6) is 0 Å². The highest BCUT2D eigenvalue weighted by molar-refractivity contribution is 7.99. The fraction of sp³-hybridized carbons (Fsp3) is 0.483. The van der Waals surface area contributed by atoms with Crippen LogP contribution in [-0.2, 0) is 28.9 Å². The zero-order chi connectivity index (χ0) is 28.1. The second-order valence-corrected chi connectivity index (χ2v) is 12.3. The van der Waals surface area contributed by atoms with E-state index in [4.69, 9.17) is 4.74 Å². The highest BCUT2D eigenvalue weighted by Crippen LogP contribution is 2.40. The van der Waals surface area contributed by atoms with Crippen LogP contribution in [0.1, 0.15) is 94.0 Å². The van der Waals surface area contributed by atoms with E-state index in [1.165, 1.54) is 29.5 Å². The number of benzene rings is 1. The van der Waals surface area contributed by atoms with Crippen molar-refractivity contribution in [2.45, 2.75) is 83.0 Å². The van der Waals surface area contributed by atoms with Gasteiger partial charge in [0.2, 0.25) is 5.91 Å². The summed E-state index contributed by atoms with van der Waals surface area (Å²) in [6.07, 6.45) is 8.26. The molecule has 11 heteroatoms. The first-order chi connectivity index (χ1) is 19.4. The molecule has 1 saturated carbocycles. The van der Waals surface area contributed by atoms with Crippen LogP contribution in [0.15, 0.2) is 29.4 Å². The molecule has 40 heavy (non-hydrogen) atoms. The van der Waals surface area contributed by atoms with E-state index in [-0.39, 0.29) is 42.7 Å². The van der Waals surface area contributed by atoms with Crippen LogP contribution < -0.4 is 10.6 Å². The third-order valence-electron chi connectivity index (χ3n) is 7.35. The number of aryl methyl sites for hydroxylation is 2. The standard InChI is InChI=1S/C29H35N5O4S2/c1-3-38-28(37)25-21-13-8-14-22(21)40-27(25)31-24(35)17-39-29-33-32-23(34(29)20-11-5-4-6-12-20)16-30-26(36)19-10-7-9-18(2)15-19/h7,9-10,15,20H,3-6,8,11-14,16-17H2,1-2H3,(H,30,36)(H,31,35). The molecule has 0 radical (unpaired) electrons. The summed E-state index contributed by atoms with van der Waals surface area (Å²) in [5.74, 6) is 0.0822. The van der Waals surface area contributed by atoms with Crippen LogP contribution in [0.4, 0.5) is 5.00 Å². The van der Waals surface area contributed by atoms with Crippen LogP contribution in [0.3, 0.4) is 0 Å². The number of carbonyl (C=O) groups is 3. The fourth-order valence-electron chi connectivity index (χ4n) is 5.48. The van der Waals surface area contributed by atoms with Crippen molar-refractivity contribution < 1.29 is 19.1 Å². The van der Waals surface area contributed by atoms with Gasteiger partial charge in [0.15, 0.2) is 11.0 Å². The van der Waals surface area contributed by atoms with E-state index in [2.05, 4.69) is 25.4 Å². The van der Waals surface area contributed by atoms with Crippen LogP contribution in [-0.4, -0.2) is 44.9 Å². The molecule has 0 atom stereocenters. The maximum Gasteiger partial charge on any atom is 0.341 e. The maximum atomic E-state index is 13.0. The Balaban J connectivity index is 1.28. The summed E-state index contributed by atoms with van der Waals surface area (Å²) in [4.78, 5) is 39.6. The molecule has 0 aliphatic heterocycles. The van der Waals surface area contributed by atoms with Crippen LogP contribution >= 0.6 is 23.1 Å². The number of nitrogens with one attached hydrogen (secondary N) is 2. The number of fused-ring (bicyclic) bond motifs is 1. The summed E-state index contributed by atoms with van der Waals surface area (Å²) in [6, 6.07) is 7.71. The Kier molecular flexibility index (Phi) is 9.21. The van der Waals surface area contributed by atoms with Crippen molar-refractivity contribution in [3.63, 3.8) is 0 Å². The molecule has 0 bridgehead atoms. The van der Waals surface area contributed by atoms with Crippen LogP contribution in [0.2, 0.25) is 0 Å². The van der Waals surface area contributed by atoms with Crippen molar-refractivity contribution in [2.75, 3.05) is 17.7 Å². The minimum atomic E-state index is -0.376. The lowest BCUT2D eigenvalue weighted by Gasteiger charge is -2.25. The summed E-state index contributed by atoms with van der Waals surface area (Å²) in [5, 5.41) is 16.0. The summed E-state index contributed by atoms with van der Waals surface area (Å²) >= 11 is 2.81. The van der Waals surface area contributed by atoms with E-state index in [1.807, 2.05) is 25.1 Å². The molecule has 9 nitrogen and oxygen atoms in total. The van der Waals surface area contributed by atoms with E-state index < -0.39 is 0 Å². The topological polar surface area (TPSA) is 115 Å². The minimum Gasteiger partial charge on any atom is -0.462 e. The molecule has 0 spiro atoms. The van der Waals surface area contributed by atoms with E-state index in [9.17, 15) is 14.4 Å².